The van der Waals surface area contributed by atoms with E-state index in [0.29, 0.717) is 46.2 Å². The summed E-state index contributed by atoms with van der Waals surface area (Å²) in [5, 5.41) is 16.6. The molecule has 0 saturated heterocycles. The largest absolute Gasteiger partial charge is 0.480 e. The molecule has 0 unspecified atom stereocenters. The molecular formula is C39H32F6N6O5. The lowest BCUT2D eigenvalue weighted by Crippen LogP contribution is -2.12. The molecule has 0 bridgehead atoms. The molecule has 8 rings (SSSR count). The summed E-state index contributed by atoms with van der Waals surface area (Å²) < 4.78 is 82.1. The molecule has 1 N–H and O–H groups in total. The van der Waals surface area contributed by atoms with Gasteiger partial charge in [0.05, 0.1) is 31.2 Å². The van der Waals surface area contributed by atoms with Crippen molar-refractivity contribution in [2.75, 3.05) is 7.11 Å². The minimum absolute atomic E-state index is 0.0643. The van der Waals surface area contributed by atoms with Crippen LogP contribution in [-0.2, 0) is 45.3 Å². The monoisotopic (exact) mass is 778 g/mol. The Morgan fingerprint density at radius 3 is 1.64 bits per heavy atom. The van der Waals surface area contributed by atoms with Crippen molar-refractivity contribution in [1.82, 2.24) is 19.6 Å². The van der Waals surface area contributed by atoms with Gasteiger partial charge in [-0.2, -0.15) is 10.2 Å². The van der Waals surface area contributed by atoms with E-state index in [9.17, 15) is 40.7 Å². The molecule has 0 atom stereocenters. The van der Waals surface area contributed by atoms with Crippen LogP contribution in [0.25, 0.3) is 21.8 Å². The van der Waals surface area contributed by atoms with Gasteiger partial charge in [-0.25, -0.2) is 26.3 Å². The number of aliphatic carboxylic acids is 1. The Kier molecular flexibility index (Phi) is 13.5. The van der Waals surface area contributed by atoms with Crippen LogP contribution < -0.4 is 0 Å². The number of aliphatic imine (C=N–C) groups is 2. The number of carbonyl (C=O) groups is 3. The Balaban J connectivity index is 0.000000145. The first kappa shape index (κ1) is 40.5. The lowest BCUT2D eigenvalue weighted by Gasteiger charge is -2.00. The Labute approximate surface area is 314 Å². The van der Waals surface area contributed by atoms with Gasteiger partial charge in [-0.15, -0.1) is 0 Å². The van der Waals surface area contributed by atoms with E-state index in [0.717, 1.165) is 27.7 Å². The lowest BCUT2D eigenvalue weighted by atomic mass is 10.1. The molecule has 0 amide bonds. The first-order chi connectivity index (χ1) is 26.9. The highest BCUT2D eigenvalue weighted by Crippen LogP contribution is 2.28. The highest BCUT2D eigenvalue weighted by molar-refractivity contribution is 6.37. The van der Waals surface area contributed by atoms with E-state index < -0.39 is 37.8 Å². The highest BCUT2D eigenvalue weighted by atomic mass is 19.3. The number of hydrogen-bond acceptors (Lipinski definition) is 8. The molecule has 2 aromatic heterocycles. The zero-order valence-corrected chi connectivity index (χ0v) is 29.4. The van der Waals surface area contributed by atoms with Gasteiger partial charge in [-0.05, 0) is 23.3 Å². The fourth-order valence-corrected chi connectivity index (χ4v) is 5.80. The van der Waals surface area contributed by atoms with Crippen molar-refractivity contribution >= 4 is 51.5 Å². The Bertz CT molecular complexity index is 2410. The van der Waals surface area contributed by atoms with Gasteiger partial charge in [-0.3, -0.25) is 33.7 Å². The topological polar surface area (TPSA) is 141 Å². The number of carbonyl (C=O) groups excluding carboxylic acids is 2. The van der Waals surface area contributed by atoms with Gasteiger partial charge in [0.1, 0.15) is 35.9 Å². The van der Waals surface area contributed by atoms with Crippen LogP contribution in [0.1, 0.15) is 46.5 Å². The second kappa shape index (κ2) is 18.6. The maximum Gasteiger partial charge on any atom is 0.327 e. The van der Waals surface area contributed by atoms with Crippen molar-refractivity contribution in [3.63, 3.8) is 0 Å². The number of rotatable bonds is 8. The van der Waals surface area contributed by atoms with Gasteiger partial charge < -0.3 is 9.84 Å². The number of ether oxygens (including phenoxy) is 1. The maximum absolute atomic E-state index is 12.7. The zero-order valence-electron chi connectivity index (χ0n) is 29.4. The number of hydrogen-bond donors (Lipinski definition) is 1. The number of alkyl halides is 6. The predicted octanol–water partition coefficient (Wildman–Crippen LogP) is 7.65. The van der Waals surface area contributed by atoms with Crippen LogP contribution in [0.2, 0.25) is 0 Å². The molecule has 2 aliphatic rings. The molecule has 290 valence electrons. The van der Waals surface area contributed by atoms with Gasteiger partial charge in [0, 0.05) is 21.9 Å². The number of esters is 1. The number of carboxylic acids is 1. The molecule has 56 heavy (non-hydrogen) atoms. The number of methoxy groups -OCH3 is 1. The summed E-state index contributed by atoms with van der Waals surface area (Å²) in [6.07, 6.45) is -7.02. The third-order valence-corrected chi connectivity index (χ3v) is 8.32. The first-order valence-corrected chi connectivity index (χ1v) is 16.7. The Morgan fingerprint density at radius 1 is 0.679 bits per heavy atom. The predicted molar refractivity (Wildman–Crippen MR) is 194 cm³/mol. The minimum atomic E-state index is -2.71. The van der Waals surface area contributed by atoms with Gasteiger partial charge in [0.2, 0.25) is 0 Å². The number of para-hydroxylation sites is 2. The molecule has 4 aromatic carbocycles. The van der Waals surface area contributed by atoms with Gasteiger partial charge in [0.25, 0.3) is 19.3 Å². The average Bonchev–Trinajstić information content (AvgIpc) is 3.99. The standard InChI is InChI=1S/C11H10F2N2O2.C10H8F2N2O2.C9H7F2N.C9H7NO/c1-17-9(16)6-15-8-5-3-2-4-7(8)10(14-15)11(12)13;11-10(12)9-6-3-1-2-4-7(6)14(13-9)5-8(15)16;10-9(11)8-7-4-2-1-3-6(7)5-12-8;11-6-9-8-4-2-1-3-7(8)5-10-9/h2-5,11H,6H2,1H3;1-4,10H,5H2,(H,15,16);1-4,9H,5H2;1-4,6H,5H2. The maximum atomic E-state index is 12.7. The number of halogens is 6. The van der Waals surface area contributed by atoms with Gasteiger partial charge in [0.15, 0.2) is 6.29 Å². The molecule has 0 saturated carbocycles. The van der Waals surface area contributed by atoms with E-state index in [2.05, 4.69) is 24.9 Å². The molecule has 2 aliphatic heterocycles. The summed E-state index contributed by atoms with van der Waals surface area (Å²) in [5.74, 6) is -1.65. The summed E-state index contributed by atoms with van der Waals surface area (Å²) >= 11 is 0. The third-order valence-electron chi connectivity index (χ3n) is 8.32. The zero-order chi connectivity index (χ0) is 40.4. The van der Waals surface area contributed by atoms with Crippen LogP contribution >= 0.6 is 0 Å². The van der Waals surface area contributed by atoms with E-state index in [1.807, 2.05) is 36.4 Å². The summed E-state index contributed by atoms with van der Waals surface area (Å²) in [6.45, 7) is 0.455. The van der Waals surface area contributed by atoms with Crippen molar-refractivity contribution < 1.29 is 50.6 Å². The van der Waals surface area contributed by atoms with Crippen LogP contribution in [-0.4, -0.2) is 67.9 Å². The normalized spacial score (nSPS) is 12.5. The number of aromatic nitrogens is 4. The second-order valence-corrected chi connectivity index (χ2v) is 11.8. The molecule has 0 fully saturated rings. The summed E-state index contributed by atoms with van der Waals surface area (Å²) in [6, 6.07) is 27.8. The Morgan fingerprint density at radius 2 is 1.14 bits per heavy atom. The number of aldehydes is 1. The van der Waals surface area contributed by atoms with E-state index >= 15 is 0 Å². The highest BCUT2D eigenvalue weighted by Gasteiger charge is 2.23. The van der Waals surface area contributed by atoms with E-state index in [1.54, 1.807) is 54.6 Å². The number of carboxylic acid groups (broad SMARTS) is 1. The molecule has 4 heterocycles. The van der Waals surface area contributed by atoms with Crippen LogP contribution in [0.3, 0.4) is 0 Å². The summed E-state index contributed by atoms with van der Waals surface area (Å²) in [7, 11) is 1.24. The molecule has 0 aliphatic carbocycles. The SMILES string of the molecule is COC(=O)Cn1nc(C(F)F)c2ccccc21.FC(F)C1=NCc2ccccc21.O=C(O)Cn1nc(C(F)F)c2ccccc21.O=CC1=NCc2ccccc21. The summed E-state index contributed by atoms with van der Waals surface area (Å²) in [5.41, 5.74) is 4.36. The third kappa shape index (κ3) is 9.52. The van der Waals surface area contributed by atoms with Crippen molar-refractivity contribution in [3.05, 3.63) is 131 Å². The fourth-order valence-electron chi connectivity index (χ4n) is 5.80. The number of nitrogens with zero attached hydrogens (tertiary/aromatic N) is 6. The molecule has 17 heteroatoms. The van der Waals surface area contributed by atoms with Crippen molar-refractivity contribution in [2.24, 2.45) is 9.98 Å². The second-order valence-electron chi connectivity index (χ2n) is 11.8. The smallest absolute Gasteiger partial charge is 0.327 e. The van der Waals surface area contributed by atoms with Crippen LogP contribution in [0.4, 0.5) is 26.3 Å². The molecule has 0 spiro atoms. The Hall–Kier alpha value is -6.65. The molecule has 11 nitrogen and oxygen atoms in total. The minimum Gasteiger partial charge on any atom is -0.480 e. The van der Waals surface area contributed by atoms with E-state index in [1.165, 1.54) is 17.9 Å². The van der Waals surface area contributed by atoms with Crippen LogP contribution in [0.15, 0.2) is 107 Å². The van der Waals surface area contributed by atoms with Gasteiger partial charge >= 0.3 is 11.9 Å². The van der Waals surface area contributed by atoms with Crippen molar-refractivity contribution in [3.8, 4) is 0 Å². The van der Waals surface area contributed by atoms with Crippen LogP contribution in [0.5, 0.6) is 0 Å². The molecule has 6 aromatic rings. The molecule has 0 radical (unpaired) electrons. The quantitative estimate of drug-likeness (QED) is 0.0951. The summed E-state index contributed by atoms with van der Waals surface area (Å²) in [4.78, 5) is 40.0. The number of fused-ring (bicyclic) bond motifs is 4. The van der Waals surface area contributed by atoms with E-state index in [-0.39, 0.29) is 23.6 Å². The van der Waals surface area contributed by atoms with Gasteiger partial charge in [-0.1, -0.05) is 84.9 Å². The first-order valence-electron chi connectivity index (χ1n) is 16.7. The fraction of sp³-hybridized carbons (Fsp3) is 0.205. The van der Waals surface area contributed by atoms with Crippen molar-refractivity contribution in [1.29, 1.82) is 0 Å². The van der Waals surface area contributed by atoms with Crippen LogP contribution in [0, 0.1) is 0 Å². The van der Waals surface area contributed by atoms with E-state index in [4.69, 9.17) is 5.11 Å². The lowest BCUT2D eigenvalue weighted by molar-refractivity contribution is -0.141. The number of benzene rings is 4. The molecular weight excluding hydrogens is 746 g/mol. The van der Waals surface area contributed by atoms with Crippen molar-refractivity contribution in [2.45, 2.75) is 45.5 Å². The average molecular weight is 779 g/mol.